The standard InChI is InChI=1S/C30H29ClN6O/c1-21-32-12-13-37(21)20-23-18-22-6-5-11-33-28(22)29(26-10-9-24(31)19-27(23)26)35-14-16-36(17-15-35)30(38)34-25-7-3-2-4-8-25/h2-13,18-19,29H,14-17,20H2,1H3,(H,34,38). The van der Waals surface area contributed by atoms with E-state index in [4.69, 9.17) is 16.6 Å². The molecule has 1 saturated heterocycles. The van der Waals surface area contributed by atoms with E-state index in [9.17, 15) is 4.79 Å². The lowest BCUT2D eigenvalue weighted by Crippen LogP contribution is -2.51. The van der Waals surface area contributed by atoms with Gasteiger partial charge in [-0.2, -0.15) is 0 Å². The summed E-state index contributed by atoms with van der Waals surface area (Å²) >= 11 is 6.55. The molecule has 2 amide bonds. The van der Waals surface area contributed by atoms with Gasteiger partial charge < -0.3 is 14.8 Å². The highest BCUT2D eigenvalue weighted by Crippen LogP contribution is 2.41. The summed E-state index contributed by atoms with van der Waals surface area (Å²) < 4.78 is 2.15. The van der Waals surface area contributed by atoms with Gasteiger partial charge in [0.25, 0.3) is 0 Å². The maximum atomic E-state index is 12.9. The first-order valence-electron chi connectivity index (χ1n) is 12.8. The smallest absolute Gasteiger partial charge is 0.321 e. The SMILES string of the molecule is Cc1nccn1CC1=Cc2cccnc2C(N2CCN(C(=O)Nc3ccccc3)CC2)c2ccc(Cl)cc21. The number of piperazine rings is 1. The molecule has 1 aliphatic heterocycles. The number of aryl methyl sites for hydroxylation is 1. The van der Waals surface area contributed by atoms with Gasteiger partial charge in [0.15, 0.2) is 0 Å². The molecule has 0 saturated carbocycles. The number of anilines is 1. The molecule has 7 nitrogen and oxygen atoms in total. The van der Waals surface area contributed by atoms with Crippen LogP contribution in [0.3, 0.4) is 0 Å². The number of hydrogen-bond acceptors (Lipinski definition) is 4. The molecule has 38 heavy (non-hydrogen) atoms. The Hall–Kier alpha value is -3.94. The number of pyridine rings is 1. The lowest BCUT2D eigenvalue weighted by Gasteiger charge is -2.39. The topological polar surface area (TPSA) is 66.3 Å². The van der Waals surface area contributed by atoms with Crippen molar-refractivity contribution in [3.05, 3.63) is 112 Å². The van der Waals surface area contributed by atoms with Crippen LogP contribution in [-0.2, 0) is 6.54 Å². The Bertz CT molecular complexity index is 1490. The van der Waals surface area contributed by atoms with E-state index in [0.29, 0.717) is 24.7 Å². The van der Waals surface area contributed by atoms with E-state index >= 15 is 0 Å². The van der Waals surface area contributed by atoms with Crippen molar-refractivity contribution in [1.29, 1.82) is 0 Å². The number of amides is 2. The van der Waals surface area contributed by atoms with E-state index in [2.05, 4.69) is 44.0 Å². The van der Waals surface area contributed by atoms with Gasteiger partial charge in [-0.3, -0.25) is 9.88 Å². The third-order valence-corrected chi connectivity index (χ3v) is 7.61. The van der Waals surface area contributed by atoms with Gasteiger partial charge in [-0.25, -0.2) is 9.78 Å². The molecule has 192 valence electrons. The number of fused-ring (bicyclic) bond motifs is 2. The van der Waals surface area contributed by atoms with Crippen LogP contribution in [0.25, 0.3) is 11.6 Å². The van der Waals surface area contributed by atoms with Gasteiger partial charge in [0, 0.05) is 62.0 Å². The van der Waals surface area contributed by atoms with Crippen LogP contribution in [0.1, 0.15) is 34.3 Å². The Morgan fingerprint density at radius 3 is 2.58 bits per heavy atom. The van der Waals surface area contributed by atoms with Crippen LogP contribution in [0.2, 0.25) is 5.02 Å². The second-order valence-corrected chi connectivity index (χ2v) is 10.1. The van der Waals surface area contributed by atoms with Crippen LogP contribution >= 0.6 is 11.6 Å². The number of halogens is 1. The van der Waals surface area contributed by atoms with E-state index in [-0.39, 0.29) is 12.1 Å². The Kier molecular flexibility index (Phi) is 6.70. The second kappa shape index (κ2) is 10.4. The van der Waals surface area contributed by atoms with E-state index in [0.717, 1.165) is 41.4 Å². The number of nitrogens with one attached hydrogen (secondary N) is 1. The highest BCUT2D eigenvalue weighted by Gasteiger charge is 2.33. The zero-order valence-corrected chi connectivity index (χ0v) is 22.0. The zero-order chi connectivity index (χ0) is 26.1. The Labute approximate surface area is 227 Å². The molecule has 2 aromatic carbocycles. The Morgan fingerprint density at radius 2 is 1.82 bits per heavy atom. The lowest BCUT2D eigenvalue weighted by molar-refractivity contribution is 0.125. The molecule has 2 aliphatic rings. The number of aromatic nitrogens is 3. The van der Waals surface area contributed by atoms with Crippen LogP contribution in [-0.4, -0.2) is 56.5 Å². The molecule has 0 bridgehead atoms. The van der Waals surface area contributed by atoms with Gasteiger partial charge in [0.1, 0.15) is 5.82 Å². The Balaban J connectivity index is 1.31. The summed E-state index contributed by atoms with van der Waals surface area (Å²) in [4.78, 5) is 26.5. The van der Waals surface area contributed by atoms with Gasteiger partial charge >= 0.3 is 6.03 Å². The van der Waals surface area contributed by atoms with Crippen molar-refractivity contribution >= 4 is 35.0 Å². The minimum atomic E-state index is -0.0675. The van der Waals surface area contributed by atoms with E-state index < -0.39 is 0 Å². The fraction of sp³-hybridized carbons (Fsp3) is 0.233. The lowest BCUT2D eigenvalue weighted by atomic mass is 9.93. The van der Waals surface area contributed by atoms with Crippen molar-refractivity contribution in [1.82, 2.24) is 24.3 Å². The van der Waals surface area contributed by atoms with Crippen molar-refractivity contribution in [2.24, 2.45) is 0 Å². The van der Waals surface area contributed by atoms with E-state index in [1.54, 1.807) is 0 Å². The molecule has 1 N–H and O–H groups in total. The molecular formula is C30H29ClN6O. The van der Waals surface area contributed by atoms with Crippen molar-refractivity contribution in [3.63, 3.8) is 0 Å². The highest BCUT2D eigenvalue weighted by atomic mass is 35.5. The molecule has 1 atom stereocenters. The van der Waals surface area contributed by atoms with Gasteiger partial charge in [-0.1, -0.05) is 41.9 Å². The average molecular weight is 525 g/mol. The minimum Gasteiger partial charge on any atom is -0.331 e. The van der Waals surface area contributed by atoms with Gasteiger partial charge in [-0.15, -0.1) is 0 Å². The maximum absolute atomic E-state index is 12.9. The van der Waals surface area contributed by atoms with Gasteiger partial charge in [0.05, 0.1) is 11.7 Å². The monoisotopic (exact) mass is 524 g/mol. The number of nitrogens with zero attached hydrogens (tertiary/aromatic N) is 5. The molecule has 2 aromatic heterocycles. The third-order valence-electron chi connectivity index (χ3n) is 7.37. The largest absolute Gasteiger partial charge is 0.331 e. The van der Waals surface area contributed by atoms with E-state index in [1.807, 2.05) is 72.9 Å². The van der Waals surface area contributed by atoms with E-state index in [1.165, 1.54) is 11.1 Å². The number of hydrogen-bond donors (Lipinski definition) is 1. The number of carbonyl (C=O) groups excluding carboxylic acids is 1. The number of benzene rings is 2. The summed E-state index contributed by atoms with van der Waals surface area (Å²) in [7, 11) is 0. The summed E-state index contributed by atoms with van der Waals surface area (Å²) in [5, 5.41) is 3.72. The summed E-state index contributed by atoms with van der Waals surface area (Å²) in [5.74, 6) is 0.964. The predicted octanol–water partition coefficient (Wildman–Crippen LogP) is 5.73. The van der Waals surface area contributed by atoms with Crippen LogP contribution in [0.15, 0.2) is 79.3 Å². The van der Waals surface area contributed by atoms with Gasteiger partial charge in [-0.05, 0) is 65.6 Å². The molecule has 6 rings (SSSR count). The molecule has 3 heterocycles. The average Bonchev–Trinajstić information content (AvgIpc) is 3.29. The Morgan fingerprint density at radius 1 is 1.00 bits per heavy atom. The number of carbonyl (C=O) groups is 1. The molecule has 0 radical (unpaired) electrons. The summed E-state index contributed by atoms with van der Waals surface area (Å²) in [5.41, 5.74) is 6.40. The number of allylic oxidation sites excluding steroid dienone is 1. The highest BCUT2D eigenvalue weighted by molar-refractivity contribution is 6.30. The first-order valence-corrected chi connectivity index (χ1v) is 13.2. The zero-order valence-electron chi connectivity index (χ0n) is 21.2. The number of para-hydroxylation sites is 1. The quantitative estimate of drug-likeness (QED) is 0.370. The predicted molar refractivity (Wildman–Crippen MR) is 151 cm³/mol. The first kappa shape index (κ1) is 24.4. The first-order chi connectivity index (χ1) is 18.6. The van der Waals surface area contributed by atoms with Crippen LogP contribution in [0, 0.1) is 6.92 Å². The number of urea groups is 1. The summed E-state index contributed by atoms with van der Waals surface area (Å²) in [6.07, 6.45) is 7.94. The third kappa shape index (κ3) is 4.83. The molecule has 8 heteroatoms. The summed E-state index contributed by atoms with van der Waals surface area (Å²) in [6.45, 7) is 5.45. The second-order valence-electron chi connectivity index (χ2n) is 9.70. The van der Waals surface area contributed by atoms with Crippen molar-refractivity contribution in [2.75, 3.05) is 31.5 Å². The van der Waals surface area contributed by atoms with Crippen molar-refractivity contribution in [3.8, 4) is 0 Å². The fourth-order valence-electron chi connectivity index (χ4n) is 5.40. The fourth-order valence-corrected chi connectivity index (χ4v) is 5.57. The maximum Gasteiger partial charge on any atom is 0.321 e. The number of imidazole rings is 1. The molecule has 4 aromatic rings. The van der Waals surface area contributed by atoms with Crippen LogP contribution in [0.5, 0.6) is 0 Å². The molecular weight excluding hydrogens is 496 g/mol. The van der Waals surface area contributed by atoms with Crippen molar-refractivity contribution < 1.29 is 4.79 Å². The minimum absolute atomic E-state index is 0.0459. The molecule has 1 unspecified atom stereocenters. The van der Waals surface area contributed by atoms with Gasteiger partial charge in [0.2, 0.25) is 0 Å². The molecule has 1 aliphatic carbocycles. The molecule has 1 fully saturated rings. The van der Waals surface area contributed by atoms with Crippen LogP contribution in [0.4, 0.5) is 10.5 Å². The number of rotatable bonds is 4. The molecule has 0 spiro atoms. The van der Waals surface area contributed by atoms with Crippen LogP contribution < -0.4 is 5.32 Å². The normalized spacial score (nSPS) is 17.3. The summed E-state index contributed by atoms with van der Waals surface area (Å²) in [6, 6.07) is 19.8. The van der Waals surface area contributed by atoms with Crippen molar-refractivity contribution in [2.45, 2.75) is 19.5 Å².